The van der Waals surface area contributed by atoms with E-state index in [9.17, 15) is 19.8 Å². The van der Waals surface area contributed by atoms with Gasteiger partial charge >= 0.3 is 71.1 Å². The van der Waals surface area contributed by atoms with Gasteiger partial charge in [0.1, 0.15) is 12.2 Å². The van der Waals surface area contributed by atoms with Crippen LogP contribution in [0.15, 0.2) is 48.5 Å². The molecule has 8 heteroatoms. The van der Waals surface area contributed by atoms with E-state index in [1.54, 1.807) is 0 Å². The van der Waals surface area contributed by atoms with E-state index in [1.807, 2.05) is 0 Å². The maximum absolute atomic E-state index is 12.1. The molecule has 2 aromatic carbocycles. The Morgan fingerprint density at radius 2 is 0.929 bits per heavy atom. The van der Waals surface area contributed by atoms with Gasteiger partial charge in [0.05, 0.1) is 11.1 Å². The molecule has 1 saturated carbocycles. The van der Waals surface area contributed by atoms with Gasteiger partial charge in [-0.15, -0.1) is 11.5 Å². The van der Waals surface area contributed by atoms with Crippen molar-refractivity contribution in [2.75, 3.05) is 0 Å². The fraction of sp³-hybridized carbons (Fsp3) is 0.300. The molecule has 0 unspecified atom stereocenters. The predicted molar refractivity (Wildman–Crippen MR) is 88.7 cm³/mol. The van der Waals surface area contributed by atoms with Crippen LogP contribution >= 0.6 is 0 Å². The first-order valence-electron chi connectivity index (χ1n) is 8.47. The van der Waals surface area contributed by atoms with E-state index in [-0.39, 0.29) is 82.8 Å². The molecule has 3 rings (SSSR count). The summed E-state index contributed by atoms with van der Waals surface area (Å²) in [7, 11) is 0. The van der Waals surface area contributed by atoms with E-state index in [2.05, 4.69) is 0 Å². The molecule has 0 bridgehead atoms. The maximum atomic E-state index is 12.1. The topological polar surface area (TPSA) is 98.7 Å². The predicted octanol–water partition coefficient (Wildman–Crippen LogP) is -3.83. The van der Waals surface area contributed by atoms with Crippen molar-refractivity contribution >= 4 is 11.9 Å². The molecule has 1 aliphatic rings. The third-order valence-corrected chi connectivity index (χ3v) is 4.35. The van der Waals surface area contributed by atoms with Crippen LogP contribution in [0.25, 0.3) is 0 Å². The van der Waals surface area contributed by atoms with Crippen molar-refractivity contribution in [3.63, 3.8) is 0 Å². The summed E-state index contributed by atoms with van der Waals surface area (Å²) in [6.07, 6.45) is 1.94. The van der Waals surface area contributed by atoms with Crippen LogP contribution in [0.2, 0.25) is 0 Å². The van der Waals surface area contributed by atoms with E-state index in [1.165, 1.54) is 48.5 Å². The summed E-state index contributed by atoms with van der Waals surface area (Å²) >= 11 is 0. The molecule has 0 heterocycles. The molecule has 0 spiro atoms. The molecule has 0 amide bonds. The fourth-order valence-electron chi connectivity index (χ4n) is 2.89. The molecule has 2 aromatic rings. The van der Waals surface area contributed by atoms with Crippen LogP contribution in [0.1, 0.15) is 46.4 Å². The van der Waals surface area contributed by atoms with E-state index < -0.39 is 11.9 Å². The van der Waals surface area contributed by atoms with Gasteiger partial charge in [0, 0.05) is 0 Å². The summed E-state index contributed by atoms with van der Waals surface area (Å²) in [6.45, 7) is 0. The summed E-state index contributed by atoms with van der Waals surface area (Å²) in [5.41, 5.74) is 0.694. The molecular formula is C20H18Na2O6. The summed E-state index contributed by atoms with van der Waals surface area (Å²) in [5, 5.41) is 22.1. The Labute approximate surface area is 207 Å². The minimum Gasteiger partial charge on any atom is -0.872 e. The molecule has 0 atom stereocenters. The van der Waals surface area contributed by atoms with Gasteiger partial charge in [-0.25, -0.2) is 9.59 Å². The Bertz CT molecular complexity index is 701. The monoisotopic (exact) mass is 400 g/mol. The average molecular weight is 400 g/mol. The SMILES string of the molecule is O=C(OC1CCC(OC(=O)c2ccc([O-])cc2)CC1)c1ccc([O-])cc1.[Na+].[Na+]. The van der Waals surface area contributed by atoms with Gasteiger partial charge in [-0.05, 0) is 49.9 Å². The molecule has 136 valence electrons. The zero-order valence-electron chi connectivity index (χ0n) is 16.1. The summed E-state index contributed by atoms with van der Waals surface area (Å²) in [6, 6.07) is 11.1. The Hall–Kier alpha value is -1.02. The minimum absolute atomic E-state index is 0. The number of esters is 2. The molecule has 0 saturated heterocycles. The van der Waals surface area contributed by atoms with E-state index in [0.717, 1.165) is 0 Å². The van der Waals surface area contributed by atoms with Crippen molar-refractivity contribution in [1.82, 2.24) is 0 Å². The normalized spacial score (nSPS) is 18.1. The first-order chi connectivity index (χ1) is 12.5. The van der Waals surface area contributed by atoms with Crippen LogP contribution in [-0.4, -0.2) is 24.1 Å². The van der Waals surface area contributed by atoms with Gasteiger partial charge < -0.3 is 19.7 Å². The number of carbonyl (C=O) groups excluding carboxylic acids is 2. The fourth-order valence-corrected chi connectivity index (χ4v) is 2.89. The summed E-state index contributed by atoms with van der Waals surface area (Å²) in [4.78, 5) is 24.1. The second-order valence-corrected chi connectivity index (χ2v) is 6.26. The quantitative estimate of drug-likeness (QED) is 0.385. The third-order valence-electron chi connectivity index (χ3n) is 4.35. The first-order valence-corrected chi connectivity index (χ1v) is 8.47. The molecular weight excluding hydrogens is 382 g/mol. The standard InChI is InChI=1S/C20H20O6.2Na/c21-15-5-1-13(2-6-15)19(23)25-17-9-11-18(12-10-17)26-20(24)14-3-7-16(22)8-4-14;;/h1-8,17-18,21-22H,9-12H2;;/q;2*+1/p-2. The van der Waals surface area contributed by atoms with Gasteiger partial charge in [0.15, 0.2) is 0 Å². The van der Waals surface area contributed by atoms with Crippen molar-refractivity contribution in [3.05, 3.63) is 59.7 Å². The van der Waals surface area contributed by atoms with Crippen LogP contribution in [-0.2, 0) is 9.47 Å². The largest absolute Gasteiger partial charge is 1.00 e. The number of hydrogen-bond donors (Lipinski definition) is 0. The van der Waals surface area contributed by atoms with Crippen molar-refractivity contribution in [2.45, 2.75) is 37.9 Å². The first kappa shape index (κ1) is 25.0. The Morgan fingerprint density at radius 3 is 1.21 bits per heavy atom. The average Bonchev–Trinajstić information content (AvgIpc) is 2.64. The van der Waals surface area contributed by atoms with E-state index in [4.69, 9.17) is 9.47 Å². The molecule has 0 radical (unpaired) electrons. The minimum atomic E-state index is -0.455. The molecule has 0 aliphatic heterocycles. The zero-order chi connectivity index (χ0) is 18.5. The van der Waals surface area contributed by atoms with E-state index >= 15 is 0 Å². The summed E-state index contributed by atoms with van der Waals surface area (Å²) < 4.78 is 10.9. The number of hydrogen-bond acceptors (Lipinski definition) is 6. The molecule has 0 N–H and O–H groups in total. The Balaban J connectivity index is 0.00000196. The Kier molecular flexibility index (Phi) is 10.6. The Morgan fingerprint density at radius 1 is 0.643 bits per heavy atom. The third kappa shape index (κ3) is 7.10. The molecule has 0 aromatic heterocycles. The van der Waals surface area contributed by atoms with Crippen LogP contribution in [0.5, 0.6) is 11.5 Å². The van der Waals surface area contributed by atoms with Crippen LogP contribution in [0.3, 0.4) is 0 Å². The molecule has 1 fully saturated rings. The van der Waals surface area contributed by atoms with Crippen LogP contribution < -0.4 is 69.3 Å². The molecule has 6 nitrogen and oxygen atoms in total. The van der Waals surface area contributed by atoms with Gasteiger partial charge in [-0.2, -0.15) is 0 Å². The van der Waals surface area contributed by atoms with Crippen molar-refractivity contribution in [2.24, 2.45) is 0 Å². The molecule has 28 heavy (non-hydrogen) atoms. The number of rotatable bonds is 4. The van der Waals surface area contributed by atoms with Crippen molar-refractivity contribution in [1.29, 1.82) is 0 Å². The van der Waals surface area contributed by atoms with Gasteiger partial charge in [0.2, 0.25) is 0 Å². The second-order valence-electron chi connectivity index (χ2n) is 6.26. The van der Waals surface area contributed by atoms with Crippen LogP contribution in [0, 0.1) is 0 Å². The van der Waals surface area contributed by atoms with Crippen molar-refractivity contribution in [3.8, 4) is 11.5 Å². The molecule has 1 aliphatic carbocycles. The van der Waals surface area contributed by atoms with E-state index in [0.29, 0.717) is 36.8 Å². The number of carbonyl (C=O) groups is 2. The van der Waals surface area contributed by atoms with Crippen molar-refractivity contribution < 1.29 is 88.4 Å². The smallest absolute Gasteiger partial charge is 0.872 e. The maximum Gasteiger partial charge on any atom is 1.00 e. The van der Waals surface area contributed by atoms with Gasteiger partial charge in [-0.3, -0.25) is 0 Å². The number of benzene rings is 2. The van der Waals surface area contributed by atoms with Crippen LogP contribution in [0.4, 0.5) is 0 Å². The second kappa shape index (κ2) is 11.9. The van der Waals surface area contributed by atoms with Gasteiger partial charge in [0.25, 0.3) is 0 Å². The zero-order valence-corrected chi connectivity index (χ0v) is 20.1. The van der Waals surface area contributed by atoms with Gasteiger partial charge in [-0.1, -0.05) is 24.3 Å². The summed E-state index contributed by atoms with van der Waals surface area (Å²) in [5.74, 6) is -1.23. The number of ether oxygens (including phenoxy) is 2.